The highest BCUT2D eigenvalue weighted by atomic mass is 16.6. The summed E-state index contributed by atoms with van der Waals surface area (Å²) in [4.78, 5) is 23.5. The molecule has 21 heavy (non-hydrogen) atoms. The van der Waals surface area contributed by atoms with E-state index in [-0.39, 0.29) is 17.4 Å². The minimum Gasteiger partial charge on any atom is -0.271 e. The molecule has 1 amide bonds. The molecule has 0 aromatic heterocycles. The molecular formula is C15H15N3O3. The number of nitrogens with zero attached hydrogens (tertiary/aromatic N) is 3. The fraction of sp³-hybridized carbons (Fsp3) is 0.333. The van der Waals surface area contributed by atoms with Gasteiger partial charge in [-0.2, -0.15) is 5.10 Å². The zero-order valence-corrected chi connectivity index (χ0v) is 11.9. The number of carbonyl (C=O) groups is 1. The van der Waals surface area contributed by atoms with Crippen molar-refractivity contribution in [3.63, 3.8) is 0 Å². The van der Waals surface area contributed by atoms with Crippen LogP contribution in [-0.4, -0.2) is 35.1 Å². The lowest BCUT2D eigenvalue weighted by Gasteiger charge is -2.28. The van der Waals surface area contributed by atoms with E-state index in [1.54, 1.807) is 14.0 Å². The first kappa shape index (κ1) is 13.5. The third kappa shape index (κ3) is 1.53. The number of carbonyl (C=O) groups excluding carboxylic acids is 1. The molecule has 0 fully saturated rings. The average molecular weight is 285 g/mol. The van der Waals surface area contributed by atoms with Crippen LogP contribution in [0.15, 0.2) is 35.9 Å². The van der Waals surface area contributed by atoms with E-state index in [1.165, 1.54) is 5.01 Å². The molecular weight excluding hydrogens is 270 g/mol. The Morgan fingerprint density at radius 1 is 1.48 bits per heavy atom. The second kappa shape index (κ2) is 4.25. The Hall–Kier alpha value is -2.50. The van der Waals surface area contributed by atoms with Crippen LogP contribution in [-0.2, 0) is 4.79 Å². The van der Waals surface area contributed by atoms with Gasteiger partial charge in [-0.25, -0.2) is 5.01 Å². The van der Waals surface area contributed by atoms with E-state index in [0.29, 0.717) is 11.3 Å². The Morgan fingerprint density at radius 3 is 2.71 bits per heavy atom. The van der Waals surface area contributed by atoms with E-state index in [2.05, 4.69) is 11.7 Å². The summed E-state index contributed by atoms with van der Waals surface area (Å²) in [7, 11) is 1.57. The third-order valence-electron chi connectivity index (χ3n) is 4.49. The number of hydrogen-bond acceptors (Lipinski definition) is 4. The fourth-order valence-corrected chi connectivity index (χ4v) is 3.62. The van der Waals surface area contributed by atoms with Crippen molar-refractivity contribution in [2.75, 3.05) is 13.6 Å². The highest BCUT2D eigenvalue weighted by Crippen LogP contribution is 2.57. The molecule has 1 aromatic rings. The van der Waals surface area contributed by atoms with Gasteiger partial charge in [-0.05, 0) is 23.6 Å². The second-order valence-electron chi connectivity index (χ2n) is 5.46. The maximum atomic E-state index is 12.7. The van der Waals surface area contributed by atoms with Gasteiger partial charge in [0.2, 0.25) is 6.54 Å². The van der Waals surface area contributed by atoms with Crippen LogP contribution in [0, 0.1) is 15.5 Å². The summed E-state index contributed by atoms with van der Waals surface area (Å²) in [5, 5.41) is 16.6. The van der Waals surface area contributed by atoms with Crippen LogP contribution in [0.2, 0.25) is 0 Å². The largest absolute Gasteiger partial charge is 0.271 e. The minimum atomic E-state index is -1.11. The van der Waals surface area contributed by atoms with Crippen molar-refractivity contribution in [1.29, 1.82) is 0 Å². The molecule has 0 bridgehead atoms. The van der Waals surface area contributed by atoms with Crippen molar-refractivity contribution >= 4 is 17.2 Å². The fourth-order valence-electron chi connectivity index (χ4n) is 3.62. The molecule has 1 spiro atoms. The van der Waals surface area contributed by atoms with Gasteiger partial charge in [0.05, 0.1) is 11.6 Å². The van der Waals surface area contributed by atoms with Gasteiger partial charge in [-0.15, -0.1) is 0 Å². The Bertz CT molecular complexity index is 710. The summed E-state index contributed by atoms with van der Waals surface area (Å²) in [6.45, 7) is 5.50. The summed E-state index contributed by atoms with van der Waals surface area (Å²) in [6, 6.07) is 7.37. The summed E-state index contributed by atoms with van der Waals surface area (Å²) in [6.07, 6.45) is 0. The number of fused-ring (bicyclic) bond motifs is 1. The first-order chi connectivity index (χ1) is 9.90. The molecule has 6 nitrogen and oxygen atoms in total. The van der Waals surface area contributed by atoms with Crippen LogP contribution in [0.1, 0.15) is 24.0 Å². The van der Waals surface area contributed by atoms with Gasteiger partial charge in [0.25, 0.3) is 5.91 Å². The minimum absolute atomic E-state index is 0.243. The Morgan fingerprint density at radius 2 is 2.14 bits per heavy atom. The molecule has 2 atom stereocenters. The second-order valence-corrected chi connectivity index (χ2v) is 5.46. The number of benzene rings is 1. The van der Waals surface area contributed by atoms with Crippen LogP contribution in [0.3, 0.4) is 0 Å². The third-order valence-corrected chi connectivity index (χ3v) is 4.49. The lowest BCUT2D eigenvalue weighted by molar-refractivity contribution is -0.484. The highest BCUT2D eigenvalue weighted by Gasteiger charge is 2.61. The molecule has 0 unspecified atom stereocenters. The van der Waals surface area contributed by atoms with Crippen molar-refractivity contribution in [2.45, 2.75) is 12.8 Å². The van der Waals surface area contributed by atoms with Crippen LogP contribution in [0.5, 0.6) is 0 Å². The summed E-state index contributed by atoms with van der Waals surface area (Å²) < 4.78 is 0. The van der Waals surface area contributed by atoms with Crippen molar-refractivity contribution in [3.8, 4) is 0 Å². The van der Waals surface area contributed by atoms with Gasteiger partial charge in [0.15, 0.2) is 0 Å². The number of amides is 1. The number of hydrogen-bond donors (Lipinski definition) is 0. The molecule has 0 radical (unpaired) electrons. The molecule has 6 heteroatoms. The predicted molar refractivity (Wildman–Crippen MR) is 78.4 cm³/mol. The molecule has 0 saturated heterocycles. The Balaban J connectivity index is 2.26. The molecule has 0 N–H and O–H groups in total. The summed E-state index contributed by atoms with van der Waals surface area (Å²) >= 11 is 0. The molecule has 1 aromatic carbocycles. The molecule has 1 aliphatic carbocycles. The van der Waals surface area contributed by atoms with Crippen LogP contribution >= 0.6 is 0 Å². The number of nitro groups is 1. The van der Waals surface area contributed by atoms with Crippen molar-refractivity contribution in [2.24, 2.45) is 10.5 Å². The Labute approximate surface area is 121 Å². The topological polar surface area (TPSA) is 75.8 Å². The van der Waals surface area contributed by atoms with Crippen LogP contribution in [0.25, 0.3) is 5.57 Å². The molecule has 3 rings (SSSR count). The molecule has 0 saturated carbocycles. The normalized spacial score (nSPS) is 27.2. The van der Waals surface area contributed by atoms with Crippen LogP contribution < -0.4 is 0 Å². The van der Waals surface area contributed by atoms with Crippen molar-refractivity contribution < 1.29 is 9.72 Å². The van der Waals surface area contributed by atoms with Crippen LogP contribution in [0.4, 0.5) is 0 Å². The van der Waals surface area contributed by atoms with E-state index in [4.69, 9.17) is 0 Å². The van der Waals surface area contributed by atoms with Gasteiger partial charge < -0.3 is 0 Å². The Kier molecular flexibility index (Phi) is 2.73. The monoisotopic (exact) mass is 285 g/mol. The number of rotatable bonds is 2. The molecule has 1 heterocycles. The van der Waals surface area contributed by atoms with E-state index in [1.807, 2.05) is 24.3 Å². The number of hydrazone groups is 1. The van der Waals surface area contributed by atoms with Crippen molar-refractivity contribution in [3.05, 3.63) is 52.1 Å². The van der Waals surface area contributed by atoms with E-state index in [9.17, 15) is 14.9 Å². The zero-order chi connectivity index (χ0) is 15.4. The van der Waals surface area contributed by atoms with Gasteiger partial charge in [0, 0.05) is 12.0 Å². The van der Waals surface area contributed by atoms with E-state index < -0.39 is 11.3 Å². The van der Waals surface area contributed by atoms with Gasteiger partial charge >= 0.3 is 0 Å². The maximum Gasteiger partial charge on any atom is 0.259 e. The van der Waals surface area contributed by atoms with Gasteiger partial charge in [-0.1, -0.05) is 30.8 Å². The van der Waals surface area contributed by atoms with Gasteiger partial charge in [-0.3, -0.25) is 14.9 Å². The average Bonchev–Trinajstić information content (AvgIpc) is 2.81. The van der Waals surface area contributed by atoms with Gasteiger partial charge in [0.1, 0.15) is 5.41 Å². The van der Waals surface area contributed by atoms with E-state index in [0.717, 1.165) is 11.1 Å². The zero-order valence-electron chi connectivity index (χ0n) is 11.9. The maximum absolute atomic E-state index is 12.7. The van der Waals surface area contributed by atoms with E-state index >= 15 is 0 Å². The van der Waals surface area contributed by atoms with Crippen molar-refractivity contribution in [1.82, 2.24) is 5.01 Å². The highest BCUT2D eigenvalue weighted by molar-refractivity contribution is 6.22. The summed E-state index contributed by atoms with van der Waals surface area (Å²) in [5.74, 6) is -0.801. The molecule has 1 aliphatic heterocycles. The quantitative estimate of drug-likeness (QED) is 0.615. The predicted octanol–water partition coefficient (Wildman–Crippen LogP) is 1.91. The first-order valence-corrected chi connectivity index (χ1v) is 6.65. The standard InChI is InChI=1S/C15H15N3O3/c1-9-11-6-4-5-7-12(11)13(8-18(20)21)15(9)10(2)16-17(3)14(15)19/h4-7,13H,1,8H2,2-3H3/t13-,15-/m1/s1. The molecule has 108 valence electrons. The SMILES string of the molecule is C=C1c2ccccc2[C@@H](C[N+](=O)[O-])[C@@]12C(=O)N(C)N=C2C. The summed E-state index contributed by atoms with van der Waals surface area (Å²) in [5.41, 5.74) is 1.70. The lowest BCUT2D eigenvalue weighted by atomic mass is 9.70. The lowest BCUT2D eigenvalue weighted by Crippen LogP contribution is -2.43. The smallest absolute Gasteiger partial charge is 0.259 e. The molecule has 2 aliphatic rings. The first-order valence-electron chi connectivity index (χ1n) is 6.65.